The van der Waals surface area contributed by atoms with Gasteiger partial charge in [0.25, 0.3) is 0 Å². The maximum Gasteiger partial charge on any atom is 0.326 e. The van der Waals surface area contributed by atoms with E-state index in [0.29, 0.717) is 25.8 Å². The van der Waals surface area contributed by atoms with E-state index in [9.17, 15) is 39.0 Å². The number of hydrogen-bond donors (Lipinski definition) is 8. The van der Waals surface area contributed by atoms with Crippen LogP contribution in [-0.4, -0.2) is 149 Å². The molecule has 0 rings (SSSR count). The summed E-state index contributed by atoms with van der Waals surface area (Å²) in [6, 6.07) is -1.61. The first-order valence-electron chi connectivity index (χ1n) is 21.3. The summed E-state index contributed by atoms with van der Waals surface area (Å²) in [5, 5.41) is 38.1. The number of carbonyl (C=O) groups is 6. The number of carbonyl (C=O) groups excluding carboxylic acids is 4. The van der Waals surface area contributed by atoms with E-state index in [-0.39, 0.29) is 115 Å². The normalized spacial score (nSPS) is 12.7. The zero-order valence-electron chi connectivity index (χ0n) is 35.4. The van der Waals surface area contributed by atoms with Crippen molar-refractivity contribution >= 4 is 35.6 Å². The molecular weight excluding hydrogens is 774 g/mol. The van der Waals surface area contributed by atoms with Gasteiger partial charge in [0.15, 0.2) is 6.29 Å². The lowest BCUT2D eigenvalue weighted by Gasteiger charge is -2.16. The Morgan fingerprint density at radius 3 is 1.46 bits per heavy atom. The van der Waals surface area contributed by atoms with Gasteiger partial charge in [0.1, 0.15) is 19.3 Å². The second-order valence-electron chi connectivity index (χ2n) is 14.3. The molecule has 0 aliphatic carbocycles. The fraction of sp³-hybridized carbons (Fsp3) is 0.850. The minimum atomic E-state index is -1.19. The summed E-state index contributed by atoms with van der Waals surface area (Å²) >= 11 is 0. The Morgan fingerprint density at radius 2 is 0.966 bits per heavy atom. The molecule has 0 aromatic heterocycles. The standard InChI is InChI=1S/C40H75N5O14/c1-55-40(54)32(41)16-14-15-21-42-36(48)30-58-28-27-57-25-23-44-37(49)31-59-29-26-56-24-22-43-34(46)20-19-33(39(52)53)45-35(47)17-12-10-8-6-4-2-3-5-7-9-11-13-18-38(50)51/h32-33,40,54H,2-31,41H2,1H3,(H,42,48)(H,43,46)(H,44,49)(H,45,47)(H,50,51)(H,52,53)/t32-,33-,40?/m0/s1. The number of carboxylic acids is 2. The highest BCUT2D eigenvalue weighted by Gasteiger charge is 2.21. The SMILES string of the molecule is COC(O)[C@@H](N)CCCCNC(=O)COCCOCCNC(=O)COCCOCCNC(=O)CC[C@H](NC(=O)CCCCCCCCCCCCCCC(=O)O)C(=O)O. The van der Waals surface area contributed by atoms with Gasteiger partial charge in [-0.1, -0.05) is 64.2 Å². The van der Waals surface area contributed by atoms with E-state index in [2.05, 4.69) is 21.3 Å². The molecule has 0 spiro atoms. The maximum atomic E-state index is 12.3. The van der Waals surface area contributed by atoms with E-state index in [4.69, 9.17) is 34.5 Å². The number of aliphatic hydroxyl groups excluding tert-OH is 1. The largest absolute Gasteiger partial charge is 0.481 e. The molecule has 1 unspecified atom stereocenters. The average molecular weight is 850 g/mol. The van der Waals surface area contributed by atoms with Crippen LogP contribution in [0.25, 0.3) is 0 Å². The first kappa shape index (κ1) is 55.5. The summed E-state index contributed by atoms with van der Waals surface area (Å²) < 4.78 is 26.0. The second kappa shape index (κ2) is 40.0. The van der Waals surface area contributed by atoms with Crippen molar-refractivity contribution in [1.82, 2.24) is 21.3 Å². The van der Waals surface area contributed by atoms with Crippen LogP contribution < -0.4 is 27.0 Å². The molecule has 19 heteroatoms. The third-order valence-corrected chi connectivity index (χ3v) is 9.08. The molecule has 0 heterocycles. The number of amides is 4. The van der Waals surface area contributed by atoms with Crippen molar-refractivity contribution in [1.29, 1.82) is 0 Å². The molecule has 4 amide bonds. The maximum absolute atomic E-state index is 12.3. The molecule has 9 N–H and O–H groups in total. The minimum Gasteiger partial charge on any atom is -0.481 e. The Bertz CT molecular complexity index is 1120. The Hall–Kier alpha value is -3.46. The average Bonchev–Trinajstić information content (AvgIpc) is 3.20. The Labute approximate surface area is 349 Å². The summed E-state index contributed by atoms with van der Waals surface area (Å²) in [6.07, 6.45) is 13.7. The molecule has 344 valence electrons. The van der Waals surface area contributed by atoms with E-state index >= 15 is 0 Å². The number of rotatable bonds is 43. The number of aliphatic hydroxyl groups is 1. The first-order chi connectivity index (χ1) is 28.5. The van der Waals surface area contributed by atoms with Crippen molar-refractivity contribution in [3.05, 3.63) is 0 Å². The van der Waals surface area contributed by atoms with Crippen molar-refractivity contribution in [3.8, 4) is 0 Å². The van der Waals surface area contributed by atoms with Crippen LogP contribution in [0.2, 0.25) is 0 Å². The highest BCUT2D eigenvalue weighted by molar-refractivity contribution is 5.84. The summed E-state index contributed by atoms with van der Waals surface area (Å²) in [5.74, 6) is -3.18. The van der Waals surface area contributed by atoms with Crippen molar-refractivity contribution in [2.24, 2.45) is 5.73 Å². The molecule has 0 saturated carbocycles. The molecule has 0 radical (unpaired) electrons. The number of unbranched alkanes of at least 4 members (excludes halogenated alkanes) is 12. The van der Waals surface area contributed by atoms with Gasteiger partial charge in [-0.05, 0) is 38.5 Å². The van der Waals surface area contributed by atoms with Crippen LogP contribution in [0.15, 0.2) is 0 Å². The molecule has 0 bridgehead atoms. The summed E-state index contributed by atoms with van der Waals surface area (Å²) in [7, 11) is 1.38. The number of aliphatic carboxylic acids is 2. The van der Waals surface area contributed by atoms with Gasteiger partial charge in [0.05, 0.1) is 45.7 Å². The molecule has 0 aromatic carbocycles. The molecule has 0 aliphatic rings. The number of methoxy groups -OCH3 is 1. The van der Waals surface area contributed by atoms with Gasteiger partial charge in [-0.3, -0.25) is 24.0 Å². The van der Waals surface area contributed by atoms with Crippen LogP contribution >= 0.6 is 0 Å². The minimum absolute atomic E-state index is 0.0322. The third-order valence-electron chi connectivity index (χ3n) is 9.08. The van der Waals surface area contributed by atoms with E-state index in [1.54, 1.807) is 0 Å². The molecule has 59 heavy (non-hydrogen) atoms. The lowest BCUT2D eigenvalue weighted by molar-refractivity contribution is -0.142. The smallest absolute Gasteiger partial charge is 0.326 e. The third kappa shape index (κ3) is 38.5. The van der Waals surface area contributed by atoms with Crippen molar-refractivity contribution in [2.45, 2.75) is 140 Å². The van der Waals surface area contributed by atoms with E-state index in [1.807, 2.05) is 0 Å². The highest BCUT2D eigenvalue weighted by Crippen LogP contribution is 2.13. The van der Waals surface area contributed by atoms with Crippen LogP contribution in [0.1, 0.15) is 122 Å². The van der Waals surface area contributed by atoms with Crippen molar-refractivity contribution in [2.75, 3.05) is 79.6 Å². The van der Waals surface area contributed by atoms with Crippen molar-refractivity contribution < 1.29 is 67.8 Å². The lowest BCUT2D eigenvalue weighted by atomic mass is 10.0. The quantitative estimate of drug-likeness (QED) is 0.0321. The van der Waals surface area contributed by atoms with Crippen LogP contribution in [0.5, 0.6) is 0 Å². The number of ether oxygens (including phenoxy) is 5. The fourth-order valence-corrected chi connectivity index (χ4v) is 5.66. The number of hydrogen-bond acceptors (Lipinski definition) is 13. The predicted octanol–water partition coefficient (Wildman–Crippen LogP) is 1.76. The highest BCUT2D eigenvalue weighted by atomic mass is 16.6. The first-order valence-corrected chi connectivity index (χ1v) is 21.3. The van der Waals surface area contributed by atoms with Gasteiger partial charge in [0.2, 0.25) is 23.6 Å². The zero-order valence-corrected chi connectivity index (χ0v) is 35.4. The Kier molecular flexibility index (Phi) is 37.6. The number of nitrogens with two attached hydrogens (primary N) is 1. The number of nitrogens with one attached hydrogen (secondary N) is 4. The van der Waals surface area contributed by atoms with Gasteiger partial charge in [0, 0.05) is 46.0 Å². The van der Waals surface area contributed by atoms with E-state index in [1.165, 1.54) is 26.4 Å². The van der Waals surface area contributed by atoms with Gasteiger partial charge in [-0.15, -0.1) is 0 Å². The molecular formula is C40H75N5O14. The van der Waals surface area contributed by atoms with E-state index < -0.39 is 30.3 Å². The molecule has 3 atom stereocenters. The van der Waals surface area contributed by atoms with E-state index in [0.717, 1.165) is 57.8 Å². The van der Waals surface area contributed by atoms with Gasteiger partial charge >= 0.3 is 11.9 Å². The lowest BCUT2D eigenvalue weighted by Crippen LogP contribution is -2.41. The van der Waals surface area contributed by atoms with Crippen LogP contribution in [0.4, 0.5) is 0 Å². The van der Waals surface area contributed by atoms with Gasteiger partial charge < -0.3 is 66.0 Å². The number of carboxylic acid groups (broad SMARTS) is 2. The van der Waals surface area contributed by atoms with Gasteiger partial charge in [-0.25, -0.2) is 4.79 Å². The summed E-state index contributed by atoms with van der Waals surface area (Å²) in [4.78, 5) is 70.3. The Morgan fingerprint density at radius 1 is 0.508 bits per heavy atom. The molecule has 19 nitrogen and oxygen atoms in total. The zero-order chi connectivity index (χ0) is 43.8. The van der Waals surface area contributed by atoms with Crippen LogP contribution in [0, 0.1) is 0 Å². The van der Waals surface area contributed by atoms with Crippen LogP contribution in [0.3, 0.4) is 0 Å². The Balaban J connectivity index is 3.66. The van der Waals surface area contributed by atoms with Gasteiger partial charge in [-0.2, -0.15) is 0 Å². The predicted molar refractivity (Wildman–Crippen MR) is 218 cm³/mol. The second-order valence-corrected chi connectivity index (χ2v) is 14.3. The van der Waals surface area contributed by atoms with Crippen LogP contribution in [-0.2, 0) is 52.5 Å². The summed E-state index contributed by atoms with van der Waals surface area (Å²) in [5.41, 5.74) is 5.75. The fourth-order valence-electron chi connectivity index (χ4n) is 5.66. The molecule has 0 saturated heterocycles. The summed E-state index contributed by atoms with van der Waals surface area (Å²) in [6.45, 7) is 1.98. The topological polar surface area (TPSA) is 283 Å². The molecule has 0 aliphatic heterocycles. The molecule has 0 aromatic rings. The molecule has 0 fully saturated rings. The monoisotopic (exact) mass is 850 g/mol. The van der Waals surface area contributed by atoms with Crippen molar-refractivity contribution in [3.63, 3.8) is 0 Å².